The van der Waals surface area contributed by atoms with Crippen molar-refractivity contribution in [2.75, 3.05) is 11.4 Å². The fourth-order valence-corrected chi connectivity index (χ4v) is 2.68. The van der Waals surface area contributed by atoms with Crippen LogP contribution in [0.4, 0.5) is 6.01 Å². The first-order chi connectivity index (χ1) is 11.2. The summed E-state index contributed by atoms with van der Waals surface area (Å²) >= 11 is 0. The number of aromatic nitrogens is 4. The fourth-order valence-electron chi connectivity index (χ4n) is 2.68. The molecule has 4 rings (SSSR count). The zero-order valence-electron chi connectivity index (χ0n) is 12.1. The normalized spacial score (nSPS) is 13.8. The molecule has 0 saturated heterocycles. The van der Waals surface area contributed by atoms with E-state index in [1.165, 1.54) is 0 Å². The number of nitrogens with one attached hydrogen (secondary N) is 1. The van der Waals surface area contributed by atoms with Gasteiger partial charge in [-0.3, -0.25) is 5.10 Å². The van der Waals surface area contributed by atoms with Gasteiger partial charge in [-0.15, -0.1) is 0 Å². The molecule has 1 aromatic carbocycles. The van der Waals surface area contributed by atoms with Crippen LogP contribution in [0.15, 0.2) is 34.9 Å². The van der Waals surface area contributed by atoms with E-state index in [9.17, 15) is 9.90 Å². The predicted octanol–water partition coefficient (Wildman–Crippen LogP) is 1.72. The highest BCUT2D eigenvalue weighted by Crippen LogP contribution is 2.26. The fraction of sp³-hybridized carbons (Fsp3) is 0.200. The van der Waals surface area contributed by atoms with Crippen LogP contribution in [0.1, 0.15) is 21.7 Å². The van der Waals surface area contributed by atoms with Gasteiger partial charge in [0.15, 0.2) is 5.69 Å². The summed E-state index contributed by atoms with van der Waals surface area (Å²) in [6, 6.07) is 9.92. The molecule has 8 heteroatoms. The van der Waals surface area contributed by atoms with Crippen LogP contribution in [-0.2, 0) is 13.0 Å². The Kier molecular flexibility index (Phi) is 3.07. The SMILES string of the molecule is O=C(O)c1n[nH]c2c1CN(c1nc(-c3ccccc3)no1)CC2. The summed E-state index contributed by atoms with van der Waals surface area (Å²) in [5, 5.41) is 19.8. The van der Waals surface area contributed by atoms with Crippen LogP contribution in [0, 0.1) is 0 Å². The lowest BCUT2D eigenvalue weighted by Gasteiger charge is -2.24. The molecule has 2 aromatic heterocycles. The van der Waals surface area contributed by atoms with E-state index in [1.807, 2.05) is 35.2 Å². The lowest BCUT2D eigenvalue weighted by molar-refractivity contribution is 0.0689. The number of aromatic amines is 1. The standard InChI is InChI=1S/C15H13N5O3/c21-14(22)12-10-8-20(7-6-11(10)17-18-12)15-16-13(19-23-15)9-4-2-1-3-5-9/h1-5H,6-8H2,(H,17,18)(H,21,22). The van der Waals surface area contributed by atoms with Gasteiger partial charge in [0.25, 0.3) is 0 Å². The molecule has 0 fully saturated rings. The molecule has 8 nitrogen and oxygen atoms in total. The molecule has 1 aliphatic rings. The van der Waals surface area contributed by atoms with Crippen LogP contribution in [0.2, 0.25) is 0 Å². The van der Waals surface area contributed by atoms with Crippen LogP contribution in [0.25, 0.3) is 11.4 Å². The lowest BCUT2D eigenvalue weighted by Crippen LogP contribution is -2.31. The second-order valence-electron chi connectivity index (χ2n) is 5.27. The summed E-state index contributed by atoms with van der Waals surface area (Å²) in [6.45, 7) is 1.04. The molecule has 23 heavy (non-hydrogen) atoms. The van der Waals surface area contributed by atoms with Gasteiger partial charge in [-0.2, -0.15) is 10.1 Å². The first-order valence-corrected chi connectivity index (χ1v) is 7.16. The molecule has 0 bridgehead atoms. The topological polar surface area (TPSA) is 108 Å². The maximum absolute atomic E-state index is 11.2. The van der Waals surface area contributed by atoms with Crippen molar-refractivity contribution in [1.29, 1.82) is 0 Å². The van der Waals surface area contributed by atoms with Gasteiger partial charge in [0.2, 0.25) is 5.82 Å². The summed E-state index contributed by atoms with van der Waals surface area (Å²) in [5.41, 5.74) is 2.44. The number of carbonyl (C=O) groups is 1. The molecule has 0 atom stereocenters. The number of hydrogen-bond acceptors (Lipinski definition) is 6. The average Bonchev–Trinajstić information content (AvgIpc) is 3.22. The molecule has 0 saturated carbocycles. The zero-order chi connectivity index (χ0) is 15.8. The van der Waals surface area contributed by atoms with Crippen molar-refractivity contribution >= 4 is 12.0 Å². The third-order valence-electron chi connectivity index (χ3n) is 3.85. The monoisotopic (exact) mass is 311 g/mol. The minimum Gasteiger partial charge on any atom is -0.476 e. The summed E-state index contributed by atoms with van der Waals surface area (Å²) in [7, 11) is 0. The Bertz CT molecular complexity index is 855. The second-order valence-corrected chi connectivity index (χ2v) is 5.27. The Hall–Kier alpha value is -3.16. The Morgan fingerprint density at radius 1 is 1.30 bits per heavy atom. The van der Waals surface area contributed by atoms with Gasteiger partial charge in [-0.05, 0) is 0 Å². The summed E-state index contributed by atoms with van der Waals surface area (Å²) in [4.78, 5) is 17.5. The van der Waals surface area contributed by atoms with E-state index < -0.39 is 5.97 Å². The van der Waals surface area contributed by atoms with Gasteiger partial charge in [-0.1, -0.05) is 35.5 Å². The van der Waals surface area contributed by atoms with Crippen molar-refractivity contribution in [1.82, 2.24) is 20.3 Å². The lowest BCUT2D eigenvalue weighted by atomic mass is 10.1. The number of hydrogen-bond donors (Lipinski definition) is 2. The van der Waals surface area contributed by atoms with Crippen LogP contribution in [-0.4, -0.2) is 38.0 Å². The number of nitrogens with zero attached hydrogens (tertiary/aromatic N) is 4. The molecule has 0 radical (unpaired) electrons. The molecule has 1 aliphatic heterocycles. The first kappa shape index (κ1) is 13.5. The number of aromatic carboxylic acids is 1. The average molecular weight is 311 g/mol. The number of H-pyrrole nitrogens is 1. The number of fused-ring (bicyclic) bond motifs is 1. The molecule has 0 unspecified atom stereocenters. The smallest absolute Gasteiger partial charge is 0.356 e. The van der Waals surface area contributed by atoms with Crippen LogP contribution < -0.4 is 4.90 Å². The number of benzene rings is 1. The summed E-state index contributed by atoms with van der Waals surface area (Å²) < 4.78 is 5.34. The van der Waals surface area contributed by atoms with Crippen LogP contribution in [0.3, 0.4) is 0 Å². The Morgan fingerprint density at radius 3 is 2.91 bits per heavy atom. The van der Waals surface area contributed by atoms with Crippen LogP contribution >= 0.6 is 0 Å². The molecule has 2 N–H and O–H groups in total. The molecule has 0 aliphatic carbocycles. The van der Waals surface area contributed by atoms with Crippen molar-refractivity contribution in [2.24, 2.45) is 0 Å². The van der Waals surface area contributed by atoms with E-state index in [0.717, 1.165) is 11.3 Å². The van der Waals surface area contributed by atoms with Crippen molar-refractivity contribution in [2.45, 2.75) is 13.0 Å². The Labute approximate surface area is 130 Å². The zero-order valence-corrected chi connectivity index (χ0v) is 12.1. The molecule has 0 spiro atoms. The van der Waals surface area contributed by atoms with Crippen molar-refractivity contribution < 1.29 is 14.4 Å². The molecular formula is C15H13N5O3. The van der Waals surface area contributed by atoms with E-state index in [1.54, 1.807) is 0 Å². The summed E-state index contributed by atoms with van der Waals surface area (Å²) in [5.74, 6) is -0.531. The third-order valence-corrected chi connectivity index (χ3v) is 3.85. The van der Waals surface area contributed by atoms with Gasteiger partial charge >= 0.3 is 12.0 Å². The van der Waals surface area contributed by atoms with Gasteiger partial charge in [0.1, 0.15) is 0 Å². The number of carboxylic acid groups (broad SMARTS) is 1. The van der Waals surface area contributed by atoms with E-state index in [2.05, 4.69) is 20.3 Å². The minimum atomic E-state index is -1.04. The largest absolute Gasteiger partial charge is 0.476 e. The van der Waals surface area contributed by atoms with Crippen molar-refractivity contribution in [3.05, 3.63) is 47.3 Å². The molecule has 3 heterocycles. The van der Waals surface area contributed by atoms with E-state index in [0.29, 0.717) is 36.9 Å². The number of anilines is 1. The highest BCUT2D eigenvalue weighted by molar-refractivity contribution is 5.87. The summed E-state index contributed by atoms with van der Waals surface area (Å²) in [6.07, 6.45) is 0.651. The van der Waals surface area contributed by atoms with Crippen LogP contribution in [0.5, 0.6) is 0 Å². The minimum absolute atomic E-state index is 0.0486. The first-order valence-electron chi connectivity index (χ1n) is 7.16. The second kappa shape index (κ2) is 5.24. The Balaban J connectivity index is 1.61. The van der Waals surface area contributed by atoms with E-state index >= 15 is 0 Å². The third kappa shape index (κ3) is 2.33. The van der Waals surface area contributed by atoms with E-state index in [4.69, 9.17) is 4.52 Å². The Morgan fingerprint density at radius 2 is 2.13 bits per heavy atom. The quantitative estimate of drug-likeness (QED) is 0.758. The maximum Gasteiger partial charge on any atom is 0.356 e. The molecule has 116 valence electrons. The maximum atomic E-state index is 11.2. The van der Waals surface area contributed by atoms with Crippen molar-refractivity contribution in [3.63, 3.8) is 0 Å². The van der Waals surface area contributed by atoms with Gasteiger partial charge in [0, 0.05) is 29.8 Å². The predicted molar refractivity (Wildman–Crippen MR) is 80.0 cm³/mol. The number of carboxylic acids is 1. The van der Waals surface area contributed by atoms with Gasteiger partial charge in [0.05, 0.1) is 6.54 Å². The highest BCUT2D eigenvalue weighted by Gasteiger charge is 2.27. The number of rotatable bonds is 3. The van der Waals surface area contributed by atoms with Gasteiger partial charge in [-0.25, -0.2) is 4.79 Å². The molecular weight excluding hydrogens is 298 g/mol. The van der Waals surface area contributed by atoms with E-state index in [-0.39, 0.29) is 5.69 Å². The van der Waals surface area contributed by atoms with Crippen molar-refractivity contribution in [3.8, 4) is 11.4 Å². The molecule has 0 amide bonds. The molecule has 3 aromatic rings. The highest BCUT2D eigenvalue weighted by atomic mass is 16.5. The van der Waals surface area contributed by atoms with Gasteiger partial charge < -0.3 is 14.5 Å².